The van der Waals surface area contributed by atoms with Gasteiger partial charge in [0, 0.05) is 16.5 Å². The highest BCUT2D eigenvalue weighted by Gasteiger charge is 2.10. The molecular formula is C10H8F2N2S. The molecule has 0 saturated heterocycles. The smallest absolute Gasteiger partial charge is 0.180 e. The van der Waals surface area contributed by atoms with Gasteiger partial charge < -0.3 is 5.73 Å². The summed E-state index contributed by atoms with van der Waals surface area (Å²) in [5, 5.41) is 0.396. The lowest BCUT2D eigenvalue weighted by Gasteiger charge is -1.99. The van der Waals surface area contributed by atoms with Gasteiger partial charge in [0.25, 0.3) is 0 Å². The third-order valence-corrected chi connectivity index (χ3v) is 2.75. The van der Waals surface area contributed by atoms with Gasteiger partial charge in [0.05, 0.1) is 5.69 Å². The summed E-state index contributed by atoms with van der Waals surface area (Å²) in [6, 6.07) is 3.31. The molecule has 0 unspecified atom stereocenters. The van der Waals surface area contributed by atoms with Crippen LogP contribution in [0.1, 0.15) is 4.88 Å². The molecule has 2 N–H and O–H groups in total. The van der Waals surface area contributed by atoms with E-state index in [1.165, 1.54) is 23.5 Å². The Morgan fingerprint density at radius 1 is 1.20 bits per heavy atom. The average molecular weight is 226 g/mol. The lowest BCUT2D eigenvalue weighted by molar-refractivity contribution is 0.584. The first kappa shape index (κ1) is 10.0. The van der Waals surface area contributed by atoms with E-state index in [1.807, 2.05) is 6.92 Å². The van der Waals surface area contributed by atoms with E-state index in [0.29, 0.717) is 16.4 Å². The molecule has 0 amide bonds. The Hall–Kier alpha value is -1.49. The second-order valence-electron chi connectivity index (χ2n) is 3.12. The van der Waals surface area contributed by atoms with Crippen LogP contribution in [0, 0.1) is 18.6 Å². The van der Waals surface area contributed by atoms with Crippen molar-refractivity contribution in [3.8, 4) is 11.3 Å². The van der Waals surface area contributed by atoms with Crippen molar-refractivity contribution < 1.29 is 8.78 Å². The van der Waals surface area contributed by atoms with Crippen molar-refractivity contribution in [3.63, 3.8) is 0 Å². The number of aryl methyl sites for hydroxylation is 1. The van der Waals surface area contributed by atoms with Crippen molar-refractivity contribution in [1.29, 1.82) is 0 Å². The number of halogens is 2. The fraction of sp³-hybridized carbons (Fsp3) is 0.100. The Morgan fingerprint density at radius 3 is 2.27 bits per heavy atom. The zero-order valence-corrected chi connectivity index (χ0v) is 8.74. The normalized spacial score (nSPS) is 10.6. The molecule has 0 atom stereocenters. The van der Waals surface area contributed by atoms with E-state index in [-0.39, 0.29) is 0 Å². The van der Waals surface area contributed by atoms with Crippen molar-refractivity contribution in [3.05, 3.63) is 34.7 Å². The predicted octanol–water partition coefficient (Wildman–Crippen LogP) is 2.98. The fourth-order valence-corrected chi connectivity index (χ4v) is 2.09. The molecule has 0 aliphatic rings. The van der Waals surface area contributed by atoms with Gasteiger partial charge in [-0.05, 0) is 19.1 Å². The molecule has 2 rings (SSSR count). The van der Waals surface area contributed by atoms with Gasteiger partial charge >= 0.3 is 0 Å². The molecule has 2 aromatic rings. The fourth-order valence-electron chi connectivity index (χ4n) is 1.38. The number of nitrogens with zero attached hydrogens (tertiary/aromatic N) is 1. The molecule has 0 aliphatic carbocycles. The van der Waals surface area contributed by atoms with Gasteiger partial charge in [-0.25, -0.2) is 13.8 Å². The Labute approximate surface area is 89.4 Å². The number of hydrogen-bond acceptors (Lipinski definition) is 3. The molecule has 0 bridgehead atoms. The van der Waals surface area contributed by atoms with Crippen LogP contribution in [0.2, 0.25) is 0 Å². The zero-order valence-electron chi connectivity index (χ0n) is 7.92. The van der Waals surface area contributed by atoms with Gasteiger partial charge in [0.2, 0.25) is 0 Å². The number of thiazole rings is 1. The summed E-state index contributed by atoms with van der Waals surface area (Å²) < 4.78 is 25.9. The molecule has 1 heterocycles. The van der Waals surface area contributed by atoms with E-state index in [0.717, 1.165) is 10.9 Å². The lowest BCUT2D eigenvalue weighted by atomic mass is 10.1. The van der Waals surface area contributed by atoms with Gasteiger partial charge in [-0.2, -0.15) is 0 Å². The first-order valence-corrected chi connectivity index (χ1v) is 5.07. The minimum atomic E-state index is -0.615. The van der Waals surface area contributed by atoms with Crippen molar-refractivity contribution in [2.45, 2.75) is 6.92 Å². The Bertz CT molecular complexity index is 488. The minimum Gasteiger partial charge on any atom is -0.375 e. The molecule has 1 aromatic heterocycles. The summed E-state index contributed by atoms with van der Waals surface area (Å²) in [5.41, 5.74) is 6.47. The number of anilines is 1. The highest BCUT2D eigenvalue weighted by Crippen LogP contribution is 2.29. The van der Waals surface area contributed by atoms with E-state index in [9.17, 15) is 8.78 Å². The van der Waals surface area contributed by atoms with Crippen LogP contribution < -0.4 is 5.73 Å². The van der Waals surface area contributed by atoms with Crippen molar-refractivity contribution in [2.24, 2.45) is 0 Å². The third kappa shape index (κ3) is 1.97. The highest BCUT2D eigenvalue weighted by molar-refractivity contribution is 7.15. The van der Waals surface area contributed by atoms with Crippen molar-refractivity contribution in [2.75, 3.05) is 5.73 Å². The minimum absolute atomic E-state index is 0.396. The molecule has 78 valence electrons. The number of nitrogens with two attached hydrogens (primary N) is 1. The van der Waals surface area contributed by atoms with Gasteiger partial charge in [0.1, 0.15) is 11.6 Å². The molecule has 0 aliphatic heterocycles. The second kappa shape index (κ2) is 3.58. The monoisotopic (exact) mass is 226 g/mol. The maximum Gasteiger partial charge on any atom is 0.180 e. The average Bonchev–Trinajstić information content (AvgIpc) is 2.43. The molecular weight excluding hydrogens is 218 g/mol. The molecule has 0 radical (unpaired) electrons. The quantitative estimate of drug-likeness (QED) is 0.811. The third-order valence-electron chi connectivity index (χ3n) is 1.95. The first-order valence-electron chi connectivity index (χ1n) is 4.25. The largest absolute Gasteiger partial charge is 0.375 e. The van der Waals surface area contributed by atoms with E-state index < -0.39 is 11.6 Å². The van der Waals surface area contributed by atoms with E-state index in [4.69, 9.17) is 5.73 Å². The summed E-state index contributed by atoms with van der Waals surface area (Å²) in [7, 11) is 0. The molecule has 15 heavy (non-hydrogen) atoms. The summed E-state index contributed by atoms with van der Waals surface area (Å²) in [6.45, 7) is 1.81. The number of hydrogen-bond donors (Lipinski definition) is 1. The topological polar surface area (TPSA) is 38.9 Å². The van der Waals surface area contributed by atoms with Crippen molar-refractivity contribution in [1.82, 2.24) is 4.98 Å². The number of aromatic nitrogens is 1. The van der Waals surface area contributed by atoms with Crippen LogP contribution in [0.25, 0.3) is 11.3 Å². The van der Waals surface area contributed by atoms with Crippen molar-refractivity contribution >= 4 is 16.5 Å². The summed E-state index contributed by atoms with van der Waals surface area (Å²) >= 11 is 1.30. The lowest BCUT2D eigenvalue weighted by Crippen LogP contribution is -1.87. The van der Waals surface area contributed by atoms with E-state index in [2.05, 4.69) is 4.98 Å². The SMILES string of the molecule is Cc1sc(N)nc1-c1cc(F)cc(F)c1. The van der Waals surface area contributed by atoms with E-state index in [1.54, 1.807) is 0 Å². The van der Waals surface area contributed by atoms with E-state index >= 15 is 0 Å². The van der Waals surface area contributed by atoms with Crippen LogP contribution in [0.5, 0.6) is 0 Å². The van der Waals surface area contributed by atoms with Crippen LogP contribution in [0.3, 0.4) is 0 Å². The van der Waals surface area contributed by atoms with Crippen LogP contribution in [0.15, 0.2) is 18.2 Å². The zero-order chi connectivity index (χ0) is 11.0. The number of rotatable bonds is 1. The summed E-state index contributed by atoms with van der Waals surface area (Å²) in [6.07, 6.45) is 0. The maximum absolute atomic E-state index is 13.0. The van der Waals surface area contributed by atoms with Gasteiger partial charge in [-0.15, -0.1) is 11.3 Å². The molecule has 0 saturated carbocycles. The van der Waals surface area contributed by atoms with Crippen LogP contribution in [-0.2, 0) is 0 Å². The first-order chi connectivity index (χ1) is 7.06. The maximum atomic E-state index is 13.0. The molecule has 5 heteroatoms. The number of nitrogen functional groups attached to an aromatic ring is 1. The number of benzene rings is 1. The van der Waals surface area contributed by atoms with Gasteiger partial charge in [0.15, 0.2) is 5.13 Å². The van der Waals surface area contributed by atoms with Gasteiger partial charge in [-0.1, -0.05) is 0 Å². The summed E-state index contributed by atoms with van der Waals surface area (Å²) in [5.74, 6) is -1.23. The Balaban J connectivity index is 2.58. The Kier molecular flexibility index (Phi) is 2.40. The van der Waals surface area contributed by atoms with Crippen LogP contribution in [-0.4, -0.2) is 4.98 Å². The van der Waals surface area contributed by atoms with Gasteiger partial charge in [-0.3, -0.25) is 0 Å². The van der Waals surface area contributed by atoms with Crippen LogP contribution in [0.4, 0.5) is 13.9 Å². The predicted molar refractivity (Wildman–Crippen MR) is 56.6 cm³/mol. The van der Waals surface area contributed by atoms with Crippen LogP contribution >= 0.6 is 11.3 Å². The molecule has 0 fully saturated rings. The Morgan fingerprint density at radius 2 is 1.80 bits per heavy atom. The molecule has 1 aromatic carbocycles. The molecule has 2 nitrogen and oxygen atoms in total. The standard InChI is InChI=1S/C10H8F2N2S/c1-5-9(14-10(13)15-5)6-2-7(11)4-8(12)3-6/h2-4H,1H3,(H2,13,14). The summed E-state index contributed by atoms with van der Waals surface area (Å²) in [4.78, 5) is 4.87. The highest BCUT2D eigenvalue weighted by atomic mass is 32.1. The molecule has 0 spiro atoms. The second-order valence-corrected chi connectivity index (χ2v) is 4.35.